The van der Waals surface area contributed by atoms with Gasteiger partial charge >= 0.3 is 5.69 Å². The number of aromatic amines is 1. The Hall–Kier alpha value is -2.68. The van der Waals surface area contributed by atoms with E-state index in [2.05, 4.69) is 42.9 Å². The number of unbranched alkanes of at least 4 members (excludes halogenated alkanes) is 1. The molecular weight excluding hydrogens is 412 g/mol. The first kappa shape index (κ1) is 17.7. The second kappa shape index (κ2) is 7.15. The molecule has 0 aliphatic carbocycles. The molecule has 140 valence electrons. The van der Waals surface area contributed by atoms with E-state index in [1.807, 2.05) is 24.3 Å². The van der Waals surface area contributed by atoms with Gasteiger partial charge in [-0.25, -0.2) is 14.8 Å². The summed E-state index contributed by atoms with van der Waals surface area (Å²) in [4.78, 5) is 25.1. The molecule has 0 saturated carbocycles. The van der Waals surface area contributed by atoms with Gasteiger partial charge in [0.25, 0.3) is 0 Å². The second-order valence-electron chi connectivity index (χ2n) is 6.30. The van der Waals surface area contributed by atoms with Crippen molar-refractivity contribution in [1.29, 1.82) is 0 Å². The van der Waals surface area contributed by atoms with E-state index < -0.39 is 0 Å². The molecule has 0 amide bonds. The molecule has 0 saturated heterocycles. The first-order chi connectivity index (χ1) is 13.1. The molecule has 0 aliphatic rings. The molecule has 3 aromatic heterocycles. The zero-order valence-electron chi connectivity index (χ0n) is 15.1. The minimum absolute atomic E-state index is 0.224. The molecule has 0 spiro atoms. The van der Waals surface area contributed by atoms with E-state index in [0.29, 0.717) is 40.3 Å². The van der Waals surface area contributed by atoms with Gasteiger partial charge in [-0.15, -0.1) is 5.10 Å². The Morgan fingerprint density at radius 3 is 2.67 bits per heavy atom. The Labute approximate surface area is 163 Å². The number of hydrogen-bond acceptors (Lipinski definition) is 5. The summed E-state index contributed by atoms with van der Waals surface area (Å²) < 4.78 is 8.76. The van der Waals surface area contributed by atoms with Crippen LogP contribution < -0.4 is 10.4 Å². The summed E-state index contributed by atoms with van der Waals surface area (Å²) in [5.74, 6) is 1.38. The lowest BCUT2D eigenvalue weighted by Gasteiger charge is -2.05. The van der Waals surface area contributed by atoms with Crippen molar-refractivity contribution < 1.29 is 4.74 Å². The summed E-state index contributed by atoms with van der Waals surface area (Å²) in [5.41, 5.74) is 2.60. The van der Waals surface area contributed by atoms with Gasteiger partial charge in [0.2, 0.25) is 0 Å². The highest BCUT2D eigenvalue weighted by molar-refractivity contribution is 9.10. The molecule has 27 heavy (non-hydrogen) atoms. The van der Waals surface area contributed by atoms with E-state index in [1.54, 1.807) is 11.7 Å². The fourth-order valence-electron chi connectivity index (χ4n) is 3.06. The summed E-state index contributed by atoms with van der Waals surface area (Å²) in [6.07, 6.45) is 2.40. The Morgan fingerprint density at radius 1 is 1.19 bits per heavy atom. The number of aryl methyl sites for hydroxylation is 1. The minimum atomic E-state index is -0.224. The molecule has 0 fully saturated rings. The van der Waals surface area contributed by atoms with Crippen molar-refractivity contribution in [2.75, 3.05) is 7.11 Å². The van der Waals surface area contributed by atoms with E-state index in [9.17, 15) is 4.79 Å². The lowest BCUT2D eigenvalue weighted by molar-refractivity contribution is 0.414. The number of benzene rings is 1. The van der Waals surface area contributed by atoms with Gasteiger partial charge in [0.05, 0.1) is 7.11 Å². The lowest BCUT2D eigenvalue weighted by atomic mass is 10.1. The van der Waals surface area contributed by atoms with Crippen LogP contribution in [-0.4, -0.2) is 36.2 Å². The summed E-state index contributed by atoms with van der Waals surface area (Å²) in [5, 5.41) is 4.46. The molecular formula is C18H19BrN6O2. The van der Waals surface area contributed by atoms with Crippen LogP contribution in [0.3, 0.4) is 0 Å². The Morgan fingerprint density at radius 2 is 1.96 bits per heavy atom. The molecule has 9 heteroatoms. The lowest BCUT2D eigenvalue weighted by Crippen LogP contribution is -2.28. The Kier molecular flexibility index (Phi) is 4.69. The van der Waals surface area contributed by atoms with Crippen LogP contribution in [0.15, 0.2) is 33.8 Å². The number of nitrogens with one attached hydrogen (secondary N) is 1. The van der Waals surface area contributed by atoms with Crippen LogP contribution in [0.4, 0.5) is 0 Å². The fraction of sp³-hybridized carbons (Fsp3) is 0.333. The highest BCUT2D eigenvalue weighted by atomic mass is 79.9. The zero-order valence-corrected chi connectivity index (χ0v) is 16.7. The third kappa shape index (κ3) is 3.23. The highest BCUT2D eigenvalue weighted by Gasteiger charge is 2.18. The molecule has 0 unspecified atom stereocenters. The largest absolute Gasteiger partial charge is 0.497 e. The highest BCUT2D eigenvalue weighted by Crippen LogP contribution is 2.19. The van der Waals surface area contributed by atoms with Crippen molar-refractivity contribution in [3.05, 3.63) is 50.9 Å². The van der Waals surface area contributed by atoms with Gasteiger partial charge in [-0.1, -0.05) is 25.5 Å². The number of methoxy groups -OCH3 is 1. The minimum Gasteiger partial charge on any atom is -0.497 e. The summed E-state index contributed by atoms with van der Waals surface area (Å²) in [7, 11) is 1.63. The van der Waals surface area contributed by atoms with Crippen molar-refractivity contribution in [3.63, 3.8) is 0 Å². The number of nitrogens with zero attached hydrogens (tertiary/aromatic N) is 5. The maximum atomic E-state index is 12.9. The Balaban J connectivity index is 1.81. The molecule has 1 N–H and O–H groups in total. The van der Waals surface area contributed by atoms with Gasteiger partial charge in [-0.2, -0.15) is 4.52 Å². The van der Waals surface area contributed by atoms with E-state index in [1.165, 1.54) is 4.52 Å². The topological polar surface area (TPSA) is 90.1 Å². The van der Waals surface area contributed by atoms with Crippen molar-refractivity contribution in [3.8, 4) is 5.75 Å². The van der Waals surface area contributed by atoms with Gasteiger partial charge in [-0.3, -0.25) is 4.57 Å². The van der Waals surface area contributed by atoms with E-state index in [0.717, 1.165) is 24.2 Å². The summed E-state index contributed by atoms with van der Waals surface area (Å²) >= 11 is 3.36. The molecule has 0 bridgehead atoms. The van der Waals surface area contributed by atoms with Crippen LogP contribution in [0, 0.1) is 0 Å². The predicted octanol–water partition coefficient (Wildman–Crippen LogP) is 2.93. The molecule has 0 radical (unpaired) electrons. The van der Waals surface area contributed by atoms with Crippen LogP contribution in [0.5, 0.6) is 5.75 Å². The molecule has 1 aromatic carbocycles. The van der Waals surface area contributed by atoms with Crippen LogP contribution >= 0.6 is 15.9 Å². The SMILES string of the molecule is CCCCn1c(=O)n2nc(Cc3ccc(OC)cc3)nc2c2[nH]c(Br)nc21. The number of ether oxygens (including phenoxy) is 1. The number of halogens is 1. The van der Waals surface area contributed by atoms with E-state index in [4.69, 9.17) is 4.74 Å². The van der Waals surface area contributed by atoms with Gasteiger partial charge in [-0.05, 0) is 40.0 Å². The van der Waals surface area contributed by atoms with Gasteiger partial charge in [0, 0.05) is 13.0 Å². The van der Waals surface area contributed by atoms with Crippen LogP contribution in [0.2, 0.25) is 0 Å². The number of rotatable bonds is 6. The molecule has 4 rings (SSSR count). The third-order valence-corrected chi connectivity index (χ3v) is 4.83. The smallest absolute Gasteiger partial charge is 0.352 e. The number of hydrogen-bond donors (Lipinski definition) is 1. The molecule has 3 heterocycles. The normalized spacial score (nSPS) is 11.5. The zero-order chi connectivity index (χ0) is 19.0. The van der Waals surface area contributed by atoms with E-state index >= 15 is 0 Å². The monoisotopic (exact) mass is 430 g/mol. The molecule has 0 aliphatic heterocycles. The third-order valence-electron chi connectivity index (χ3n) is 4.45. The average molecular weight is 431 g/mol. The maximum absolute atomic E-state index is 12.9. The quantitative estimate of drug-likeness (QED) is 0.474. The second-order valence-corrected chi connectivity index (χ2v) is 7.05. The van der Waals surface area contributed by atoms with Crippen molar-refractivity contribution >= 4 is 32.7 Å². The van der Waals surface area contributed by atoms with Crippen molar-refractivity contribution in [1.82, 2.24) is 29.1 Å². The van der Waals surface area contributed by atoms with Gasteiger partial charge in [0.1, 0.15) is 11.3 Å². The predicted molar refractivity (Wildman–Crippen MR) is 105 cm³/mol. The van der Waals surface area contributed by atoms with Crippen LogP contribution in [-0.2, 0) is 13.0 Å². The molecule has 8 nitrogen and oxygen atoms in total. The summed E-state index contributed by atoms with van der Waals surface area (Å²) in [6.45, 7) is 2.68. The first-order valence-corrected chi connectivity index (χ1v) is 9.56. The maximum Gasteiger partial charge on any atom is 0.352 e. The van der Waals surface area contributed by atoms with Crippen LogP contribution in [0.1, 0.15) is 31.2 Å². The van der Waals surface area contributed by atoms with Crippen molar-refractivity contribution in [2.45, 2.75) is 32.7 Å². The van der Waals surface area contributed by atoms with E-state index in [-0.39, 0.29) is 5.69 Å². The van der Waals surface area contributed by atoms with Crippen LogP contribution in [0.25, 0.3) is 16.8 Å². The Bertz CT molecular complexity index is 1160. The first-order valence-electron chi connectivity index (χ1n) is 8.77. The number of H-pyrrole nitrogens is 1. The fourth-order valence-corrected chi connectivity index (χ4v) is 3.43. The molecule has 4 aromatic rings. The molecule has 0 atom stereocenters. The van der Waals surface area contributed by atoms with Crippen molar-refractivity contribution in [2.24, 2.45) is 0 Å². The standard InChI is InChI=1S/C18H19BrN6O2/c1-3-4-9-24-15-14(21-17(19)22-15)16-20-13(23-25(16)18(24)26)10-11-5-7-12(27-2)8-6-11/h5-8H,3-4,9-10H2,1-2H3,(H,21,22). The number of fused-ring (bicyclic) bond motifs is 3. The van der Waals surface area contributed by atoms with Gasteiger partial charge in [0.15, 0.2) is 21.9 Å². The number of imidazole rings is 1. The average Bonchev–Trinajstić information content (AvgIpc) is 3.26. The number of aromatic nitrogens is 6. The van der Waals surface area contributed by atoms with Gasteiger partial charge < -0.3 is 9.72 Å². The summed E-state index contributed by atoms with van der Waals surface area (Å²) in [6, 6.07) is 7.72.